The predicted molar refractivity (Wildman–Crippen MR) is 257 cm³/mol. The van der Waals surface area contributed by atoms with Gasteiger partial charge in [0.1, 0.15) is 23.1 Å². The second-order valence-corrected chi connectivity index (χ2v) is 29.1. The molecule has 1 radical (unpaired) electrons. The summed E-state index contributed by atoms with van der Waals surface area (Å²) >= 11 is 20.3. The molecular formula is C42H71BBr2Cl2NO4SSi2. The number of nitrogens with zero attached hydrogens (tertiary/aromatic N) is 1. The molecule has 0 amide bonds. The second kappa shape index (κ2) is 28.1. The van der Waals surface area contributed by atoms with Crippen molar-refractivity contribution in [2.24, 2.45) is 4.30 Å². The van der Waals surface area contributed by atoms with Crippen LogP contribution in [0, 0.1) is 13.8 Å². The van der Waals surface area contributed by atoms with Crippen LogP contribution < -0.4 is 8.85 Å². The Labute approximate surface area is 372 Å². The van der Waals surface area contributed by atoms with Crippen LogP contribution in [0.2, 0.25) is 36.3 Å². The molecule has 2 aromatic carbocycles. The van der Waals surface area contributed by atoms with Crippen molar-refractivity contribution in [2.45, 2.75) is 176 Å². The molecule has 0 unspecified atom stereocenters. The zero-order chi connectivity index (χ0) is 43.2. The first-order chi connectivity index (χ1) is 25.3. The maximum absolute atomic E-state index is 10.2. The number of carbonyl (C=O) groups is 2. The number of ketones is 2. The molecule has 2 aromatic rings. The van der Waals surface area contributed by atoms with Crippen molar-refractivity contribution in [3.05, 3.63) is 55.5 Å². The van der Waals surface area contributed by atoms with E-state index < -0.39 is 16.6 Å². The normalized spacial score (nSPS) is 12.8. The van der Waals surface area contributed by atoms with Crippen LogP contribution in [-0.4, -0.2) is 41.2 Å². The van der Waals surface area contributed by atoms with Gasteiger partial charge in [0, 0.05) is 17.3 Å². The van der Waals surface area contributed by atoms with Gasteiger partial charge in [0.15, 0.2) is 0 Å². The van der Waals surface area contributed by atoms with Crippen LogP contribution >= 0.6 is 67.9 Å². The average molecular weight is 984 g/mol. The summed E-state index contributed by atoms with van der Waals surface area (Å²) in [6, 6.07) is 8.90. The second-order valence-electron chi connectivity index (χ2n) is 17.1. The molecule has 0 bridgehead atoms. The number of rotatable bonds is 12. The van der Waals surface area contributed by atoms with Gasteiger partial charge in [-0.15, -0.1) is 23.2 Å². The molecule has 0 atom stereocenters. The Kier molecular flexibility index (Phi) is 29.0. The number of carbonyl (C=O) groups excluding carboxylic acids is 2. The van der Waals surface area contributed by atoms with E-state index in [1.54, 1.807) is 0 Å². The summed E-state index contributed by atoms with van der Waals surface area (Å²) in [7, 11) is 0.783. The summed E-state index contributed by atoms with van der Waals surface area (Å²) in [5.41, 5.74) is 5.34. The third kappa shape index (κ3) is 23.1. The first kappa shape index (κ1) is 56.7. The van der Waals surface area contributed by atoms with E-state index in [9.17, 15) is 9.59 Å². The van der Waals surface area contributed by atoms with Gasteiger partial charge in [0.25, 0.3) is 8.32 Å². The Balaban J connectivity index is 0. The molecule has 0 saturated heterocycles. The molecule has 1 saturated carbocycles. The number of unbranched alkanes of at least 4 members (excludes halogenated alkanes) is 4. The van der Waals surface area contributed by atoms with E-state index in [2.05, 4.69) is 176 Å². The third-order valence-electron chi connectivity index (χ3n) is 10.1. The standard InChI is InChI=1S/C18H30Br2OSi.C18H32OSi.C5H6O2.CH2Cl2.BHNS/c1-8-9-10-11-14-16(19)13(2)12-15(17(14)20)21-22(6,7)18(3,4)5;1-8-9-10-11-16-12-15(2)13-17(14-16)19-20(6,7)18(3,4)5;6-4-1-2-5(7)3-4;2-1-3;1-2-3/h12H,8-11H2,1-7H3;12-14H,8-11H2,1-7H3;1-3H2;1H2;3H. The minimum absolute atomic E-state index is 0.102. The van der Waals surface area contributed by atoms with Gasteiger partial charge >= 0.3 is 24.8 Å². The van der Waals surface area contributed by atoms with E-state index in [0.29, 0.717) is 12.8 Å². The molecule has 1 fully saturated rings. The maximum atomic E-state index is 10.2. The fourth-order valence-corrected chi connectivity index (χ4v) is 8.36. The molecule has 0 aromatic heterocycles. The molecule has 313 valence electrons. The fourth-order valence-electron chi connectivity index (χ4n) is 4.81. The van der Waals surface area contributed by atoms with Crippen LogP contribution in [0.4, 0.5) is 0 Å². The summed E-state index contributed by atoms with van der Waals surface area (Å²) in [6.45, 7) is 31.7. The summed E-state index contributed by atoms with van der Waals surface area (Å²) in [5.74, 6) is 2.29. The van der Waals surface area contributed by atoms with Gasteiger partial charge in [0.05, 0.1) is 16.2 Å². The van der Waals surface area contributed by atoms with Crippen molar-refractivity contribution in [2.75, 3.05) is 5.34 Å². The molecule has 0 aliphatic heterocycles. The van der Waals surface area contributed by atoms with E-state index in [1.807, 2.05) is 0 Å². The van der Waals surface area contributed by atoms with Gasteiger partial charge < -0.3 is 8.85 Å². The average Bonchev–Trinajstić information content (AvgIpc) is 3.43. The first-order valence-electron chi connectivity index (χ1n) is 19.4. The summed E-state index contributed by atoms with van der Waals surface area (Å²) in [4.78, 5) is 20.5. The van der Waals surface area contributed by atoms with Gasteiger partial charge in [-0.05, 0) is 132 Å². The molecular weight excluding hydrogens is 912 g/mol. The van der Waals surface area contributed by atoms with Gasteiger partial charge in [0.2, 0.25) is 8.32 Å². The van der Waals surface area contributed by atoms with Gasteiger partial charge in [-0.2, -0.15) is 0 Å². The molecule has 3 rings (SSSR count). The van der Waals surface area contributed by atoms with E-state index in [4.69, 9.17) is 32.1 Å². The number of benzene rings is 2. The van der Waals surface area contributed by atoms with Crippen LogP contribution in [-0.2, 0) is 22.4 Å². The van der Waals surface area contributed by atoms with E-state index in [0.717, 1.165) is 22.4 Å². The van der Waals surface area contributed by atoms with Gasteiger partial charge in [-0.25, -0.2) is 0 Å². The van der Waals surface area contributed by atoms with Gasteiger partial charge in [-0.1, -0.05) is 103 Å². The Morgan fingerprint density at radius 3 is 1.60 bits per heavy atom. The Morgan fingerprint density at radius 2 is 1.20 bits per heavy atom. The Morgan fingerprint density at radius 1 is 0.764 bits per heavy atom. The number of hydrogen-bond acceptors (Lipinski definition) is 6. The third-order valence-corrected chi connectivity index (χ3v) is 20.8. The number of thiol groups is 1. The van der Waals surface area contributed by atoms with Crippen molar-refractivity contribution < 1.29 is 18.4 Å². The Bertz CT molecular complexity index is 1450. The van der Waals surface area contributed by atoms with Crippen LogP contribution in [0.15, 0.2) is 37.5 Å². The van der Waals surface area contributed by atoms with Crippen LogP contribution in [0.3, 0.4) is 0 Å². The molecule has 13 heteroatoms. The number of aryl methyl sites for hydroxylation is 3. The van der Waals surface area contributed by atoms with Crippen LogP contribution in [0.5, 0.6) is 11.5 Å². The number of hydrogen-bond donors (Lipinski definition) is 1. The predicted octanol–water partition coefficient (Wildman–Crippen LogP) is 15.7. The number of halogens is 4. The molecule has 0 spiro atoms. The first-order valence-corrected chi connectivity index (χ1v) is 28.3. The summed E-state index contributed by atoms with van der Waals surface area (Å²) in [5, 5.41) is 0.648. The van der Waals surface area contributed by atoms with Gasteiger partial charge in [-0.3, -0.25) is 9.59 Å². The molecule has 55 heavy (non-hydrogen) atoms. The Hall–Kier alpha value is -0.431. The zero-order valence-electron chi connectivity index (χ0n) is 36.4. The molecule has 1 aliphatic carbocycles. The van der Waals surface area contributed by atoms with Crippen molar-refractivity contribution in [1.82, 2.24) is 0 Å². The topological polar surface area (TPSA) is 65.0 Å². The van der Waals surface area contributed by atoms with E-state index >= 15 is 0 Å². The van der Waals surface area contributed by atoms with E-state index in [-0.39, 0.29) is 33.4 Å². The van der Waals surface area contributed by atoms with Crippen molar-refractivity contribution >= 4 is 104 Å². The van der Waals surface area contributed by atoms with Crippen LogP contribution in [0.1, 0.15) is 135 Å². The van der Waals surface area contributed by atoms with E-state index in [1.165, 1.54) is 71.7 Å². The molecule has 0 heterocycles. The quantitative estimate of drug-likeness (QED) is 0.0757. The van der Waals surface area contributed by atoms with Crippen molar-refractivity contribution in [1.29, 1.82) is 0 Å². The molecule has 5 nitrogen and oxygen atoms in total. The summed E-state index contributed by atoms with van der Waals surface area (Å²) in [6.07, 6.45) is 11.0. The number of alkyl halides is 2. The number of Topliss-reactive ketones (excluding diaryl/α,β-unsaturated/α-hetero) is 2. The zero-order valence-corrected chi connectivity index (χ0v) is 44.0. The molecule has 0 N–H and O–H groups in total. The van der Waals surface area contributed by atoms with Crippen LogP contribution in [0.25, 0.3) is 0 Å². The monoisotopic (exact) mass is 980 g/mol. The minimum atomic E-state index is -1.82. The van der Waals surface area contributed by atoms with Crippen molar-refractivity contribution in [3.63, 3.8) is 0 Å². The van der Waals surface area contributed by atoms with Crippen molar-refractivity contribution in [3.8, 4) is 11.5 Å². The molecule has 1 aliphatic rings. The summed E-state index contributed by atoms with van der Waals surface area (Å²) < 4.78 is 18.0. The SMILES string of the molecule is CCCCCc1c(Br)c(C)cc(O[Si](C)(C)C(C)(C)C)c1Br.CCCCCc1cc(C)cc(O[Si](C)(C)C(C)(C)C)c1.ClCCl.O=C1CCC(=O)C1.[B]=NS. The fraction of sp³-hybridized carbons (Fsp3) is 0.667.